The number of carbonyl (C=O) groups excluding carboxylic acids is 2. The number of aromatic hydroxyl groups is 1. The van der Waals surface area contributed by atoms with E-state index in [1.54, 1.807) is 0 Å². The number of hydrogen-bond acceptors (Lipinski definition) is 5. The van der Waals surface area contributed by atoms with E-state index in [1.807, 2.05) is 41.3 Å². The van der Waals surface area contributed by atoms with Crippen LogP contribution in [0.4, 0.5) is 0 Å². The largest absolute Gasteiger partial charge is 0.506 e. The van der Waals surface area contributed by atoms with Crippen molar-refractivity contribution in [3.63, 3.8) is 0 Å². The summed E-state index contributed by atoms with van der Waals surface area (Å²) in [6, 6.07) is 15.5. The van der Waals surface area contributed by atoms with Crippen LogP contribution in [0.1, 0.15) is 42.6 Å². The number of hydrogen-bond donors (Lipinski definition) is 3. The Morgan fingerprint density at radius 1 is 1.06 bits per heavy atom. The number of benzene rings is 3. The summed E-state index contributed by atoms with van der Waals surface area (Å²) in [5.74, 6) is 0.0879. The average Bonchev–Trinajstić information content (AvgIpc) is 2.84. The number of phenols is 1. The van der Waals surface area contributed by atoms with Gasteiger partial charge in [-0.05, 0) is 48.6 Å². The van der Waals surface area contributed by atoms with E-state index in [4.69, 9.17) is 32.6 Å². The van der Waals surface area contributed by atoms with Crippen molar-refractivity contribution >= 4 is 40.4 Å². The lowest BCUT2D eigenvalue weighted by molar-refractivity contribution is -0.133. The summed E-state index contributed by atoms with van der Waals surface area (Å²) in [7, 11) is 0. The molecule has 0 radical (unpaired) electrons. The molecule has 0 bridgehead atoms. The molecule has 7 nitrogen and oxygen atoms in total. The quantitative estimate of drug-likeness (QED) is 0.371. The van der Waals surface area contributed by atoms with Gasteiger partial charge in [0.2, 0.25) is 5.91 Å². The maximum atomic E-state index is 12.3. The minimum atomic E-state index is -0.563. The van der Waals surface area contributed by atoms with E-state index in [9.17, 15) is 9.59 Å². The molecule has 0 saturated heterocycles. The van der Waals surface area contributed by atoms with Gasteiger partial charge in [0, 0.05) is 35.8 Å². The first-order valence-corrected chi connectivity index (χ1v) is 11.4. The number of fused-ring (bicyclic) bond motifs is 1. The Labute approximate surface area is 204 Å². The minimum Gasteiger partial charge on any atom is -0.506 e. The second-order valence-electron chi connectivity index (χ2n) is 7.54. The Kier molecular flexibility index (Phi) is 10.4. The van der Waals surface area contributed by atoms with Gasteiger partial charge in [-0.2, -0.15) is 0 Å². The fourth-order valence-electron chi connectivity index (χ4n) is 3.34. The maximum Gasteiger partial charge on any atom is 0.260 e. The second-order valence-corrected chi connectivity index (χ2v) is 7.95. The van der Waals surface area contributed by atoms with Crippen LogP contribution in [0, 0.1) is 5.41 Å². The summed E-state index contributed by atoms with van der Waals surface area (Å²) in [5, 5.41) is 18.4. The third-order valence-corrected chi connectivity index (χ3v) is 5.30. The first-order valence-electron chi connectivity index (χ1n) is 11.0. The summed E-state index contributed by atoms with van der Waals surface area (Å²) in [4.78, 5) is 24.7. The molecule has 0 heterocycles. The molecule has 0 spiro atoms. The molecular formula is C26H30ClN3O4. The Balaban J connectivity index is 0.000000310. The molecule has 0 atom stereocenters. The summed E-state index contributed by atoms with van der Waals surface area (Å²) in [6.45, 7) is 5.72. The molecule has 8 heteroatoms. The Bertz CT molecular complexity index is 1140. The molecule has 34 heavy (non-hydrogen) atoms. The lowest BCUT2D eigenvalue weighted by atomic mass is 10.0. The summed E-state index contributed by atoms with van der Waals surface area (Å²) < 4.78 is 5.79. The number of nitrogens with two attached hydrogens (primary N) is 1. The van der Waals surface area contributed by atoms with Crippen LogP contribution in [0.3, 0.4) is 0 Å². The molecule has 0 saturated carbocycles. The van der Waals surface area contributed by atoms with Gasteiger partial charge in [0.25, 0.3) is 5.91 Å². The van der Waals surface area contributed by atoms with Crippen molar-refractivity contribution in [2.75, 3.05) is 19.7 Å². The number of halogens is 1. The van der Waals surface area contributed by atoms with Gasteiger partial charge in [-0.25, -0.2) is 0 Å². The average molecular weight is 484 g/mol. The van der Waals surface area contributed by atoms with Crippen molar-refractivity contribution < 1.29 is 19.4 Å². The number of primary amides is 1. The van der Waals surface area contributed by atoms with Crippen LogP contribution in [0.5, 0.6) is 11.5 Å². The normalized spacial score (nSPS) is 10.2. The smallest absolute Gasteiger partial charge is 0.260 e. The van der Waals surface area contributed by atoms with Gasteiger partial charge in [0.15, 0.2) is 6.61 Å². The van der Waals surface area contributed by atoms with Gasteiger partial charge in [-0.1, -0.05) is 49.7 Å². The van der Waals surface area contributed by atoms with Gasteiger partial charge >= 0.3 is 0 Å². The zero-order chi connectivity index (χ0) is 25.1. The lowest BCUT2D eigenvalue weighted by Crippen LogP contribution is -2.36. The van der Waals surface area contributed by atoms with Crippen molar-refractivity contribution in [1.82, 2.24) is 4.90 Å². The first-order chi connectivity index (χ1) is 16.3. The molecule has 3 aromatic carbocycles. The van der Waals surface area contributed by atoms with Gasteiger partial charge in [0.05, 0.1) is 5.02 Å². The molecule has 3 aromatic rings. The molecule has 0 aliphatic heterocycles. The molecule has 4 N–H and O–H groups in total. The van der Waals surface area contributed by atoms with E-state index in [0.717, 1.165) is 42.3 Å². The van der Waals surface area contributed by atoms with E-state index in [1.165, 1.54) is 24.4 Å². The summed E-state index contributed by atoms with van der Waals surface area (Å²) in [5.41, 5.74) is 6.08. The number of carbonyl (C=O) groups is 2. The topological polar surface area (TPSA) is 117 Å². The van der Waals surface area contributed by atoms with Crippen molar-refractivity contribution in [2.24, 2.45) is 5.73 Å². The number of ether oxygens (including phenoxy) is 1. The summed E-state index contributed by atoms with van der Waals surface area (Å²) >= 11 is 5.50. The zero-order valence-corrected chi connectivity index (χ0v) is 20.1. The zero-order valence-electron chi connectivity index (χ0n) is 19.4. The standard InChI is InChI=1S/C19H24N2O2.C7H6ClNO2/c1-3-11-21(12-4-2)19(22)14-23-18-10-9-15(13-20)16-7-5-6-8-17(16)18;8-5-3-4(7(9)11)1-2-6(5)10/h5-10,13,20H,3-4,11-12,14H2,1-2H3;1-3,10H,(H2,9,11). The highest BCUT2D eigenvalue weighted by molar-refractivity contribution is 6.32. The molecular weight excluding hydrogens is 454 g/mol. The predicted octanol–water partition coefficient (Wildman–Crippen LogP) is 5.01. The van der Waals surface area contributed by atoms with E-state index in [0.29, 0.717) is 5.75 Å². The number of phenolic OH excluding ortho intramolecular Hbond substituents is 1. The Morgan fingerprint density at radius 3 is 2.26 bits per heavy atom. The predicted molar refractivity (Wildman–Crippen MR) is 136 cm³/mol. The number of nitrogens with one attached hydrogen (secondary N) is 1. The van der Waals surface area contributed by atoms with E-state index in [-0.39, 0.29) is 28.8 Å². The number of rotatable bonds is 9. The van der Waals surface area contributed by atoms with Gasteiger partial charge in [-0.15, -0.1) is 0 Å². The molecule has 2 amide bonds. The number of amides is 2. The SMILES string of the molecule is CCCN(CCC)C(=O)COc1ccc(C=N)c2ccccc12.NC(=O)c1ccc(O)c(Cl)c1. The van der Waals surface area contributed by atoms with Crippen LogP contribution in [-0.4, -0.2) is 47.7 Å². The molecule has 0 aromatic heterocycles. The maximum absolute atomic E-state index is 12.3. The minimum absolute atomic E-state index is 0.0221. The van der Waals surface area contributed by atoms with Crippen LogP contribution < -0.4 is 10.5 Å². The highest BCUT2D eigenvalue weighted by atomic mass is 35.5. The van der Waals surface area contributed by atoms with Crippen LogP contribution >= 0.6 is 11.6 Å². The summed E-state index contributed by atoms with van der Waals surface area (Å²) in [6.07, 6.45) is 3.23. The van der Waals surface area contributed by atoms with Gasteiger partial charge in [-0.3, -0.25) is 9.59 Å². The molecule has 0 fully saturated rings. The van der Waals surface area contributed by atoms with Crippen LogP contribution in [0.2, 0.25) is 5.02 Å². The monoisotopic (exact) mass is 483 g/mol. The van der Waals surface area contributed by atoms with E-state index in [2.05, 4.69) is 13.8 Å². The fourth-order valence-corrected chi connectivity index (χ4v) is 3.52. The van der Waals surface area contributed by atoms with E-state index >= 15 is 0 Å². The Hall–Kier alpha value is -3.58. The molecule has 0 aliphatic carbocycles. The van der Waals surface area contributed by atoms with Gasteiger partial charge < -0.3 is 25.9 Å². The van der Waals surface area contributed by atoms with Crippen molar-refractivity contribution in [3.05, 3.63) is 70.7 Å². The number of nitrogens with zero attached hydrogens (tertiary/aromatic N) is 1. The Morgan fingerprint density at radius 2 is 1.71 bits per heavy atom. The van der Waals surface area contributed by atoms with Crippen LogP contribution in [0.15, 0.2) is 54.6 Å². The molecule has 3 rings (SSSR count). The third kappa shape index (κ3) is 7.22. The van der Waals surface area contributed by atoms with Crippen molar-refractivity contribution in [2.45, 2.75) is 26.7 Å². The van der Waals surface area contributed by atoms with Crippen LogP contribution in [0.25, 0.3) is 10.8 Å². The molecule has 180 valence electrons. The first kappa shape index (κ1) is 26.7. The van der Waals surface area contributed by atoms with E-state index < -0.39 is 5.91 Å². The highest BCUT2D eigenvalue weighted by Gasteiger charge is 2.13. The lowest BCUT2D eigenvalue weighted by Gasteiger charge is -2.21. The molecule has 0 aliphatic rings. The van der Waals surface area contributed by atoms with Gasteiger partial charge in [0.1, 0.15) is 11.5 Å². The van der Waals surface area contributed by atoms with Crippen molar-refractivity contribution in [3.8, 4) is 11.5 Å². The van der Waals surface area contributed by atoms with Crippen LogP contribution in [-0.2, 0) is 4.79 Å². The van der Waals surface area contributed by atoms with Crippen molar-refractivity contribution in [1.29, 1.82) is 5.41 Å². The highest BCUT2D eigenvalue weighted by Crippen LogP contribution is 2.28. The fraction of sp³-hybridized carbons (Fsp3) is 0.269. The third-order valence-electron chi connectivity index (χ3n) is 5.00. The second kappa shape index (κ2) is 13.2. The molecule has 0 unspecified atom stereocenters.